The molecule has 1 atom stereocenters. The van der Waals surface area contributed by atoms with Crippen LogP contribution in [-0.4, -0.2) is 45.3 Å². The first-order valence-electron chi connectivity index (χ1n) is 9.61. The minimum Gasteiger partial charge on any atom is -0.490 e. The third kappa shape index (κ3) is 5.88. The third-order valence-electron chi connectivity index (χ3n) is 4.49. The van der Waals surface area contributed by atoms with E-state index in [0.29, 0.717) is 41.6 Å². The molecule has 0 aliphatic rings. The number of hydrogen-bond acceptors (Lipinski definition) is 7. The number of aryl methyl sites for hydroxylation is 1. The number of nitrogens with zero attached hydrogens (tertiary/aromatic N) is 4. The minimum atomic E-state index is -0.448. The topological polar surface area (TPSA) is 108 Å². The lowest BCUT2D eigenvalue weighted by Gasteiger charge is -2.17. The Morgan fingerprint density at radius 3 is 2.94 bits per heavy atom. The largest absolute Gasteiger partial charge is 0.490 e. The van der Waals surface area contributed by atoms with Crippen LogP contribution < -0.4 is 10.1 Å². The highest BCUT2D eigenvalue weighted by Gasteiger charge is 2.16. The van der Waals surface area contributed by atoms with E-state index >= 15 is 0 Å². The van der Waals surface area contributed by atoms with E-state index in [9.17, 15) is 9.59 Å². The molecule has 3 aromatic rings. The Morgan fingerprint density at radius 1 is 1.32 bits per heavy atom. The van der Waals surface area contributed by atoms with E-state index in [-0.39, 0.29) is 6.10 Å². The number of hydrogen-bond donors (Lipinski definition) is 1. The fourth-order valence-electron chi connectivity index (χ4n) is 3.02. The monoisotopic (exact) mass is 487 g/mol. The summed E-state index contributed by atoms with van der Waals surface area (Å²) in [6.45, 7) is 2.61. The standard InChI is InChI=1S/C21H22BrN5O4/c1-14(31-18-9-8-15(22)11-16(18)21(29)30-2)5-4-10-27-12-24-26-20(27)17-6-3-7-19(25-17)23-13-28/h3,6-9,11-14H,4-5,10H2,1-2H3,(H,23,25,28)/t14-/m1/s1. The Morgan fingerprint density at radius 2 is 2.16 bits per heavy atom. The van der Waals surface area contributed by atoms with Crippen molar-refractivity contribution in [2.75, 3.05) is 12.4 Å². The number of pyridine rings is 1. The molecule has 1 aromatic carbocycles. The molecule has 1 amide bonds. The van der Waals surface area contributed by atoms with Crippen molar-refractivity contribution >= 4 is 34.1 Å². The van der Waals surface area contributed by atoms with Crippen LogP contribution in [0.5, 0.6) is 5.75 Å². The Bertz CT molecular complexity index is 1060. The van der Waals surface area contributed by atoms with Gasteiger partial charge < -0.3 is 19.4 Å². The number of carbonyl (C=O) groups is 2. The van der Waals surface area contributed by atoms with Crippen molar-refractivity contribution in [1.82, 2.24) is 19.7 Å². The average molecular weight is 488 g/mol. The van der Waals surface area contributed by atoms with Gasteiger partial charge in [-0.2, -0.15) is 0 Å². The molecule has 9 nitrogen and oxygen atoms in total. The number of anilines is 1. The van der Waals surface area contributed by atoms with Gasteiger partial charge in [-0.25, -0.2) is 9.78 Å². The van der Waals surface area contributed by atoms with Crippen LogP contribution in [0.3, 0.4) is 0 Å². The van der Waals surface area contributed by atoms with Gasteiger partial charge in [0.1, 0.15) is 29.2 Å². The first kappa shape index (κ1) is 22.4. The van der Waals surface area contributed by atoms with Gasteiger partial charge >= 0.3 is 5.97 Å². The molecule has 31 heavy (non-hydrogen) atoms. The molecule has 1 N–H and O–H groups in total. The van der Waals surface area contributed by atoms with Crippen LogP contribution in [0.25, 0.3) is 11.5 Å². The molecule has 162 valence electrons. The molecule has 2 aromatic heterocycles. The fraction of sp³-hybridized carbons (Fsp3) is 0.286. The zero-order chi connectivity index (χ0) is 22.2. The van der Waals surface area contributed by atoms with Crippen LogP contribution in [0.2, 0.25) is 0 Å². The molecule has 0 saturated carbocycles. The smallest absolute Gasteiger partial charge is 0.341 e. The first-order chi connectivity index (χ1) is 15.0. The minimum absolute atomic E-state index is 0.122. The summed E-state index contributed by atoms with van der Waals surface area (Å²) in [7, 11) is 1.34. The predicted octanol–water partition coefficient (Wildman–Crippen LogP) is 3.71. The molecule has 10 heteroatoms. The molecule has 0 spiro atoms. The SMILES string of the molecule is COC(=O)c1cc(Br)ccc1O[C@H](C)CCCn1cnnc1-c1cccc(NC=O)n1. The number of nitrogens with one attached hydrogen (secondary N) is 1. The van der Waals surface area contributed by atoms with Gasteiger partial charge in [0.25, 0.3) is 0 Å². The number of rotatable bonds is 10. The second kappa shape index (κ2) is 10.7. The van der Waals surface area contributed by atoms with Crippen molar-refractivity contribution in [3.05, 3.63) is 52.8 Å². The van der Waals surface area contributed by atoms with E-state index < -0.39 is 5.97 Å². The van der Waals surface area contributed by atoms with E-state index in [1.165, 1.54) is 7.11 Å². The molecule has 2 heterocycles. The first-order valence-corrected chi connectivity index (χ1v) is 10.4. The molecule has 0 bridgehead atoms. The summed E-state index contributed by atoms with van der Waals surface area (Å²) in [5, 5.41) is 10.7. The lowest BCUT2D eigenvalue weighted by molar-refractivity contribution is -0.105. The number of aromatic nitrogens is 4. The molecule has 0 unspecified atom stereocenters. The third-order valence-corrected chi connectivity index (χ3v) is 4.98. The number of esters is 1. The summed E-state index contributed by atoms with van der Waals surface area (Å²) in [6, 6.07) is 10.5. The predicted molar refractivity (Wildman–Crippen MR) is 118 cm³/mol. The Kier molecular flexibility index (Phi) is 7.71. The molecule has 0 saturated heterocycles. The lowest BCUT2D eigenvalue weighted by Crippen LogP contribution is -2.15. The fourth-order valence-corrected chi connectivity index (χ4v) is 3.38. The summed E-state index contributed by atoms with van der Waals surface area (Å²) in [6.07, 6.45) is 3.64. The summed E-state index contributed by atoms with van der Waals surface area (Å²) < 4.78 is 13.5. The average Bonchev–Trinajstić information content (AvgIpc) is 3.23. The Labute approximate surface area is 187 Å². The van der Waals surface area contributed by atoms with Crippen molar-refractivity contribution in [2.24, 2.45) is 0 Å². The summed E-state index contributed by atoms with van der Waals surface area (Å²) >= 11 is 3.36. The van der Waals surface area contributed by atoms with Gasteiger partial charge in [-0.05, 0) is 50.1 Å². The molecule has 0 fully saturated rings. The number of ether oxygens (including phenoxy) is 2. The number of carbonyl (C=O) groups excluding carboxylic acids is 2. The van der Waals surface area contributed by atoms with Crippen molar-refractivity contribution in [2.45, 2.75) is 32.4 Å². The van der Waals surface area contributed by atoms with E-state index in [2.05, 4.69) is 36.4 Å². The van der Waals surface area contributed by atoms with Crippen LogP contribution in [-0.2, 0) is 16.1 Å². The summed E-state index contributed by atoms with van der Waals surface area (Å²) in [5.41, 5.74) is 0.992. The zero-order valence-corrected chi connectivity index (χ0v) is 18.7. The molecular formula is C21H22BrN5O4. The maximum Gasteiger partial charge on any atom is 0.341 e. The van der Waals surface area contributed by atoms with Gasteiger partial charge in [-0.1, -0.05) is 22.0 Å². The van der Waals surface area contributed by atoms with E-state index in [4.69, 9.17) is 9.47 Å². The molecular weight excluding hydrogens is 466 g/mol. The maximum absolute atomic E-state index is 12.0. The van der Waals surface area contributed by atoms with Gasteiger partial charge in [-0.15, -0.1) is 10.2 Å². The number of benzene rings is 1. The molecule has 0 aliphatic carbocycles. The molecule has 0 radical (unpaired) electrons. The van der Waals surface area contributed by atoms with Crippen LogP contribution in [0.1, 0.15) is 30.1 Å². The molecule has 3 rings (SSSR count). The maximum atomic E-state index is 12.0. The van der Waals surface area contributed by atoms with Gasteiger partial charge in [-0.3, -0.25) is 4.79 Å². The lowest BCUT2D eigenvalue weighted by atomic mass is 10.2. The van der Waals surface area contributed by atoms with Crippen LogP contribution in [0.4, 0.5) is 5.82 Å². The number of methoxy groups -OCH3 is 1. The summed E-state index contributed by atoms with van der Waals surface area (Å²) in [4.78, 5) is 27.0. The van der Waals surface area contributed by atoms with Crippen molar-refractivity contribution in [1.29, 1.82) is 0 Å². The van der Waals surface area contributed by atoms with E-state index in [1.807, 2.05) is 23.6 Å². The Balaban J connectivity index is 1.61. The van der Waals surface area contributed by atoms with Gasteiger partial charge in [0, 0.05) is 11.0 Å². The zero-order valence-electron chi connectivity index (χ0n) is 17.1. The highest BCUT2D eigenvalue weighted by Crippen LogP contribution is 2.26. The normalized spacial score (nSPS) is 11.6. The highest BCUT2D eigenvalue weighted by molar-refractivity contribution is 9.10. The second-order valence-electron chi connectivity index (χ2n) is 6.72. The van der Waals surface area contributed by atoms with Crippen LogP contribution in [0, 0.1) is 0 Å². The van der Waals surface area contributed by atoms with Crippen molar-refractivity contribution in [3.63, 3.8) is 0 Å². The van der Waals surface area contributed by atoms with E-state index in [1.54, 1.807) is 30.6 Å². The number of halogens is 1. The van der Waals surface area contributed by atoms with Crippen LogP contribution in [0.15, 0.2) is 47.2 Å². The van der Waals surface area contributed by atoms with Crippen molar-refractivity contribution < 1.29 is 19.1 Å². The van der Waals surface area contributed by atoms with Gasteiger partial charge in [0.2, 0.25) is 6.41 Å². The highest BCUT2D eigenvalue weighted by atomic mass is 79.9. The van der Waals surface area contributed by atoms with Crippen molar-refractivity contribution in [3.8, 4) is 17.3 Å². The quantitative estimate of drug-likeness (QED) is 0.343. The molecule has 0 aliphatic heterocycles. The van der Waals surface area contributed by atoms with Gasteiger partial charge in [0.15, 0.2) is 5.82 Å². The second-order valence-corrected chi connectivity index (χ2v) is 7.64. The van der Waals surface area contributed by atoms with Gasteiger partial charge in [0.05, 0.1) is 13.2 Å². The van der Waals surface area contributed by atoms with Crippen LogP contribution >= 0.6 is 15.9 Å². The van der Waals surface area contributed by atoms with E-state index in [0.717, 1.165) is 17.3 Å². The Hall–Kier alpha value is -3.27. The number of amides is 1. The summed E-state index contributed by atoms with van der Waals surface area (Å²) in [5.74, 6) is 1.09.